The monoisotopic (exact) mass is 381 g/mol. The van der Waals surface area contributed by atoms with Gasteiger partial charge in [-0.2, -0.15) is 0 Å². The Morgan fingerprint density at radius 1 is 1.11 bits per heavy atom. The molecule has 2 aromatic carbocycles. The first kappa shape index (κ1) is 12.7. The van der Waals surface area contributed by atoms with Crippen molar-refractivity contribution in [3.8, 4) is 17.2 Å². The van der Waals surface area contributed by atoms with Gasteiger partial charge in [0.25, 0.3) is 0 Å². The lowest BCUT2D eigenvalue weighted by Crippen LogP contribution is -1.80. The Bertz CT molecular complexity index is 757. The van der Waals surface area contributed by atoms with Crippen LogP contribution in [0.25, 0.3) is 22.6 Å². The molecule has 0 aliphatic carbocycles. The summed E-state index contributed by atoms with van der Waals surface area (Å²) in [5, 5.41) is 9.71. The maximum atomic E-state index is 9.71. The van der Waals surface area contributed by atoms with E-state index in [9.17, 15) is 5.11 Å². The zero-order valence-electron chi connectivity index (χ0n) is 9.95. The Balaban J connectivity index is 2.19. The predicted octanol–water partition coefficient (Wildman–Crippen LogP) is 5.03. The number of fused-ring (bicyclic) bond motifs is 1. The number of nitrogens with zero attached hydrogens (tertiary/aromatic N) is 1. The van der Waals surface area contributed by atoms with Crippen LogP contribution in [0.5, 0.6) is 5.75 Å². The van der Waals surface area contributed by atoms with Crippen LogP contribution < -0.4 is 0 Å². The molecule has 3 aromatic rings. The molecular formula is C14H9Br2NO2. The van der Waals surface area contributed by atoms with E-state index in [2.05, 4.69) is 36.8 Å². The third kappa shape index (κ3) is 2.28. The molecule has 96 valence electrons. The van der Waals surface area contributed by atoms with Gasteiger partial charge in [-0.25, -0.2) is 4.98 Å². The molecular weight excluding hydrogens is 374 g/mol. The molecule has 0 amide bonds. The van der Waals surface area contributed by atoms with E-state index in [1.54, 1.807) is 12.1 Å². The summed E-state index contributed by atoms with van der Waals surface area (Å²) in [6.45, 7) is 2.02. The molecule has 0 aliphatic heterocycles. The highest BCUT2D eigenvalue weighted by atomic mass is 79.9. The van der Waals surface area contributed by atoms with Gasteiger partial charge in [-0.15, -0.1) is 0 Å². The van der Waals surface area contributed by atoms with E-state index in [-0.39, 0.29) is 5.75 Å². The van der Waals surface area contributed by atoms with E-state index >= 15 is 0 Å². The van der Waals surface area contributed by atoms with E-state index < -0.39 is 0 Å². The Morgan fingerprint density at radius 2 is 1.79 bits per heavy atom. The second kappa shape index (κ2) is 4.65. The normalized spacial score (nSPS) is 11.1. The number of aryl methyl sites for hydroxylation is 1. The second-order valence-corrected chi connectivity index (χ2v) is 5.99. The zero-order chi connectivity index (χ0) is 13.6. The SMILES string of the molecule is Cc1ccc2oc(-c3cc(Br)c(O)c(Br)c3)nc2c1. The standard InChI is InChI=1S/C14H9Br2NO2/c1-7-2-3-12-11(4-7)17-14(19-12)8-5-9(15)13(18)10(16)6-8/h2-6,18H,1H3. The molecule has 3 nitrogen and oxygen atoms in total. The molecule has 1 aromatic heterocycles. The summed E-state index contributed by atoms with van der Waals surface area (Å²) in [7, 11) is 0. The van der Waals surface area contributed by atoms with Crippen molar-refractivity contribution in [2.24, 2.45) is 0 Å². The highest BCUT2D eigenvalue weighted by molar-refractivity contribution is 9.11. The molecule has 0 aliphatic rings. The van der Waals surface area contributed by atoms with Gasteiger partial charge in [-0.1, -0.05) is 6.07 Å². The Labute approximate surface area is 126 Å². The van der Waals surface area contributed by atoms with Crippen molar-refractivity contribution in [2.45, 2.75) is 6.92 Å². The highest BCUT2D eigenvalue weighted by Gasteiger charge is 2.12. The van der Waals surface area contributed by atoms with Gasteiger partial charge >= 0.3 is 0 Å². The Kier molecular flexibility index (Phi) is 3.11. The van der Waals surface area contributed by atoms with Crippen LogP contribution in [0.2, 0.25) is 0 Å². The minimum absolute atomic E-state index is 0.163. The van der Waals surface area contributed by atoms with Gasteiger partial charge in [0.15, 0.2) is 5.58 Å². The smallest absolute Gasteiger partial charge is 0.227 e. The van der Waals surface area contributed by atoms with Gasteiger partial charge in [0, 0.05) is 5.56 Å². The first-order valence-electron chi connectivity index (χ1n) is 5.60. The van der Waals surface area contributed by atoms with E-state index in [0.717, 1.165) is 22.2 Å². The molecule has 0 bridgehead atoms. The summed E-state index contributed by atoms with van der Waals surface area (Å²) in [5.41, 5.74) is 3.52. The van der Waals surface area contributed by atoms with Crippen LogP contribution in [0.15, 0.2) is 43.7 Å². The summed E-state index contributed by atoms with van der Waals surface area (Å²) in [4.78, 5) is 4.47. The number of phenolic OH excluding ortho intramolecular Hbond substituents is 1. The van der Waals surface area contributed by atoms with Crippen LogP contribution in [0.4, 0.5) is 0 Å². The van der Waals surface area contributed by atoms with Crippen LogP contribution >= 0.6 is 31.9 Å². The van der Waals surface area contributed by atoms with Gasteiger partial charge in [-0.05, 0) is 68.6 Å². The topological polar surface area (TPSA) is 46.3 Å². The minimum atomic E-state index is 0.163. The molecule has 0 saturated heterocycles. The minimum Gasteiger partial charge on any atom is -0.506 e. The zero-order valence-corrected chi connectivity index (χ0v) is 13.1. The number of aromatic nitrogens is 1. The Morgan fingerprint density at radius 3 is 2.47 bits per heavy atom. The fourth-order valence-electron chi connectivity index (χ4n) is 1.85. The predicted molar refractivity (Wildman–Crippen MR) is 81.2 cm³/mol. The van der Waals surface area contributed by atoms with E-state index in [1.807, 2.05) is 25.1 Å². The third-order valence-corrected chi connectivity index (χ3v) is 4.02. The third-order valence-electron chi connectivity index (χ3n) is 2.81. The lowest BCUT2D eigenvalue weighted by Gasteiger charge is -2.02. The molecule has 5 heteroatoms. The van der Waals surface area contributed by atoms with Crippen molar-refractivity contribution in [1.82, 2.24) is 4.98 Å². The summed E-state index contributed by atoms with van der Waals surface area (Å²) in [6, 6.07) is 9.42. The second-order valence-electron chi connectivity index (χ2n) is 4.28. The van der Waals surface area contributed by atoms with Crippen molar-refractivity contribution in [3.05, 3.63) is 44.8 Å². The largest absolute Gasteiger partial charge is 0.506 e. The lowest BCUT2D eigenvalue weighted by atomic mass is 10.2. The number of aromatic hydroxyl groups is 1. The molecule has 1 heterocycles. The molecule has 1 N–H and O–H groups in total. The lowest BCUT2D eigenvalue weighted by molar-refractivity contribution is 0.468. The average Bonchev–Trinajstić information content (AvgIpc) is 2.78. The Hall–Kier alpha value is -1.33. The summed E-state index contributed by atoms with van der Waals surface area (Å²) in [6.07, 6.45) is 0. The summed E-state index contributed by atoms with van der Waals surface area (Å²) >= 11 is 6.60. The number of hydrogen-bond acceptors (Lipinski definition) is 3. The van der Waals surface area contributed by atoms with Crippen molar-refractivity contribution in [1.29, 1.82) is 0 Å². The number of halogens is 2. The first-order chi connectivity index (χ1) is 9.04. The molecule has 19 heavy (non-hydrogen) atoms. The van der Waals surface area contributed by atoms with Gasteiger partial charge in [0.05, 0.1) is 8.95 Å². The molecule has 0 spiro atoms. The molecule has 0 fully saturated rings. The fourth-order valence-corrected chi connectivity index (χ4v) is 3.04. The van der Waals surface area contributed by atoms with Crippen molar-refractivity contribution >= 4 is 43.0 Å². The number of hydrogen-bond donors (Lipinski definition) is 1. The van der Waals surface area contributed by atoms with Crippen molar-refractivity contribution in [2.75, 3.05) is 0 Å². The maximum Gasteiger partial charge on any atom is 0.227 e. The average molecular weight is 383 g/mol. The van der Waals surface area contributed by atoms with Gasteiger partial charge in [-0.3, -0.25) is 0 Å². The van der Waals surface area contributed by atoms with Crippen LogP contribution in [0.1, 0.15) is 5.56 Å². The first-order valence-corrected chi connectivity index (χ1v) is 7.19. The van der Waals surface area contributed by atoms with Gasteiger partial charge in [0.2, 0.25) is 5.89 Å². The molecule has 0 radical (unpaired) electrons. The van der Waals surface area contributed by atoms with Crippen LogP contribution in [0, 0.1) is 6.92 Å². The molecule has 0 saturated carbocycles. The number of rotatable bonds is 1. The van der Waals surface area contributed by atoms with Gasteiger partial charge < -0.3 is 9.52 Å². The molecule has 0 unspecified atom stereocenters. The van der Waals surface area contributed by atoms with Crippen LogP contribution in [0.3, 0.4) is 0 Å². The molecule has 3 rings (SSSR count). The maximum absolute atomic E-state index is 9.71. The number of benzene rings is 2. The van der Waals surface area contributed by atoms with E-state index in [4.69, 9.17) is 4.42 Å². The summed E-state index contributed by atoms with van der Waals surface area (Å²) in [5.74, 6) is 0.692. The van der Waals surface area contributed by atoms with E-state index in [1.165, 1.54) is 0 Å². The van der Waals surface area contributed by atoms with Gasteiger partial charge in [0.1, 0.15) is 11.3 Å². The molecule has 0 atom stereocenters. The van der Waals surface area contributed by atoms with E-state index in [0.29, 0.717) is 14.8 Å². The van der Waals surface area contributed by atoms with Crippen LogP contribution in [-0.2, 0) is 0 Å². The fraction of sp³-hybridized carbons (Fsp3) is 0.0714. The number of oxazole rings is 1. The van der Waals surface area contributed by atoms with Crippen molar-refractivity contribution < 1.29 is 9.52 Å². The van der Waals surface area contributed by atoms with Crippen molar-refractivity contribution in [3.63, 3.8) is 0 Å². The summed E-state index contributed by atoms with van der Waals surface area (Å²) < 4.78 is 6.91. The quantitative estimate of drug-likeness (QED) is 0.641. The van der Waals surface area contributed by atoms with Crippen LogP contribution in [-0.4, -0.2) is 10.1 Å². The number of phenols is 1. The highest BCUT2D eigenvalue weighted by Crippen LogP contribution is 2.37.